The number of carboxylic acids is 1. The number of halogens is 2. The predicted octanol–water partition coefficient (Wildman–Crippen LogP) is 8.62. The Hall–Kier alpha value is -3.34. The van der Waals surface area contributed by atoms with Crippen LogP contribution in [0.15, 0.2) is 66.7 Å². The van der Waals surface area contributed by atoms with Crippen LogP contribution >= 0.6 is 22.6 Å². The maximum absolute atomic E-state index is 13.4. The number of alkyl halides is 1. The molecule has 218 valence electrons. The molecule has 0 aliphatic carbocycles. The van der Waals surface area contributed by atoms with Crippen LogP contribution in [-0.2, 0) is 10.2 Å². The Morgan fingerprint density at radius 2 is 1.46 bits per heavy atom. The van der Waals surface area contributed by atoms with E-state index in [-0.39, 0.29) is 15.3 Å². The highest BCUT2D eigenvalue weighted by molar-refractivity contribution is 14.1. The second kappa shape index (κ2) is 12.7. The van der Waals surface area contributed by atoms with E-state index in [2.05, 4.69) is 41.8 Å². The summed E-state index contributed by atoms with van der Waals surface area (Å²) in [6, 6.07) is 17.4. The minimum Gasteiger partial charge on any atom is -0.481 e. The van der Waals surface area contributed by atoms with Gasteiger partial charge in [0.1, 0.15) is 28.8 Å². The van der Waals surface area contributed by atoms with Crippen LogP contribution in [-0.4, -0.2) is 38.5 Å². The van der Waals surface area contributed by atoms with Crippen LogP contribution in [0.3, 0.4) is 0 Å². The first-order valence-corrected chi connectivity index (χ1v) is 14.8. The van der Waals surface area contributed by atoms with Crippen LogP contribution in [0.25, 0.3) is 0 Å². The molecule has 3 aromatic rings. The van der Waals surface area contributed by atoms with Gasteiger partial charge in [0, 0.05) is 40.4 Å². The van der Waals surface area contributed by atoms with Crippen LogP contribution in [0, 0.1) is 11.7 Å². The largest absolute Gasteiger partial charge is 0.481 e. The number of carbonyl (C=O) groups excluding carboxylic acids is 1. The van der Waals surface area contributed by atoms with Gasteiger partial charge in [0.25, 0.3) is 0 Å². The number of nitrogens with one attached hydrogen (secondary N) is 1. The van der Waals surface area contributed by atoms with E-state index in [1.54, 1.807) is 56.3 Å². The van der Waals surface area contributed by atoms with Gasteiger partial charge in [0.2, 0.25) is 0 Å². The number of piperidine rings is 1. The lowest BCUT2D eigenvalue weighted by Crippen LogP contribution is -2.45. The van der Waals surface area contributed by atoms with E-state index in [0.717, 1.165) is 19.3 Å². The molecule has 0 bridgehead atoms. The summed E-state index contributed by atoms with van der Waals surface area (Å²) in [4.78, 5) is 26.6. The summed E-state index contributed by atoms with van der Waals surface area (Å²) < 4.78 is 25.7. The summed E-state index contributed by atoms with van der Waals surface area (Å²) >= 11 is 2.56. The molecule has 4 rings (SSSR count). The van der Waals surface area contributed by atoms with E-state index in [4.69, 9.17) is 9.47 Å². The normalized spacial score (nSPS) is 15.0. The smallest absolute Gasteiger partial charge is 0.321 e. The van der Waals surface area contributed by atoms with Gasteiger partial charge in [-0.3, -0.25) is 4.79 Å². The third kappa shape index (κ3) is 8.12. The zero-order chi connectivity index (χ0) is 29.8. The average Bonchev–Trinajstić information content (AvgIpc) is 2.90. The summed E-state index contributed by atoms with van der Waals surface area (Å²) in [6.07, 6.45) is 3.01. The van der Waals surface area contributed by atoms with Crippen molar-refractivity contribution in [1.29, 1.82) is 0 Å². The zero-order valence-electron chi connectivity index (χ0n) is 23.7. The Bertz CT molecular complexity index is 1370. The molecule has 2 N–H and O–H groups in total. The van der Waals surface area contributed by atoms with E-state index in [1.807, 2.05) is 4.90 Å². The lowest BCUT2D eigenvalue weighted by atomic mass is 9.85. The quantitative estimate of drug-likeness (QED) is 0.175. The number of ether oxygens (including phenoxy) is 2. The molecule has 1 aliphatic heterocycles. The first-order chi connectivity index (χ1) is 19.3. The zero-order valence-corrected chi connectivity index (χ0v) is 25.9. The third-order valence-electron chi connectivity index (χ3n) is 7.25. The molecule has 41 heavy (non-hydrogen) atoms. The van der Waals surface area contributed by atoms with Crippen molar-refractivity contribution < 1.29 is 28.6 Å². The highest BCUT2D eigenvalue weighted by Gasteiger charge is 2.34. The number of benzene rings is 3. The molecule has 7 nitrogen and oxygen atoms in total. The van der Waals surface area contributed by atoms with Gasteiger partial charge >= 0.3 is 12.0 Å². The Balaban J connectivity index is 1.53. The van der Waals surface area contributed by atoms with Crippen LogP contribution in [0.4, 0.5) is 14.9 Å². The van der Waals surface area contributed by atoms with Gasteiger partial charge in [-0.2, -0.15) is 0 Å². The number of nitrogens with zero attached hydrogens (tertiary/aromatic N) is 1. The van der Waals surface area contributed by atoms with Crippen molar-refractivity contribution in [1.82, 2.24) is 4.90 Å². The third-order valence-corrected chi connectivity index (χ3v) is 8.77. The number of rotatable bonds is 9. The molecular formula is C32H36FIN2O5. The second-order valence-corrected chi connectivity index (χ2v) is 13.8. The van der Waals surface area contributed by atoms with Crippen molar-refractivity contribution in [2.75, 3.05) is 18.4 Å². The van der Waals surface area contributed by atoms with E-state index in [9.17, 15) is 19.1 Å². The first kappa shape index (κ1) is 30.6. The van der Waals surface area contributed by atoms with Gasteiger partial charge < -0.3 is 24.8 Å². The van der Waals surface area contributed by atoms with Crippen LogP contribution in [0.2, 0.25) is 0 Å². The molecule has 2 amide bonds. The van der Waals surface area contributed by atoms with Gasteiger partial charge in [-0.05, 0) is 81.0 Å². The maximum atomic E-state index is 13.4. The number of hydrogen-bond donors (Lipinski definition) is 2. The fraction of sp³-hybridized carbons (Fsp3) is 0.375. The molecule has 0 spiro atoms. The lowest BCUT2D eigenvalue weighted by molar-refractivity contribution is -0.142. The molecule has 1 heterocycles. The van der Waals surface area contributed by atoms with E-state index >= 15 is 0 Å². The molecule has 1 saturated heterocycles. The Labute approximate surface area is 254 Å². The van der Waals surface area contributed by atoms with E-state index in [0.29, 0.717) is 53.3 Å². The van der Waals surface area contributed by atoms with Gasteiger partial charge in [-0.15, -0.1) is 0 Å². The Kier molecular flexibility index (Phi) is 9.46. The minimum absolute atomic E-state index is 0.196. The molecule has 3 aromatic carbocycles. The van der Waals surface area contributed by atoms with Crippen LogP contribution < -0.4 is 14.8 Å². The van der Waals surface area contributed by atoms with E-state index < -0.39 is 11.4 Å². The van der Waals surface area contributed by atoms with Crippen molar-refractivity contribution in [2.45, 2.75) is 55.8 Å². The second-order valence-electron chi connectivity index (χ2n) is 11.5. The van der Waals surface area contributed by atoms with Crippen LogP contribution in [0.5, 0.6) is 23.0 Å². The van der Waals surface area contributed by atoms with Crippen LogP contribution in [0.1, 0.15) is 52.5 Å². The Morgan fingerprint density at radius 1 is 0.951 bits per heavy atom. The maximum Gasteiger partial charge on any atom is 0.321 e. The number of urea groups is 1. The molecule has 1 fully saturated rings. The first-order valence-electron chi connectivity index (χ1n) is 13.7. The summed E-state index contributed by atoms with van der Waals surface area (Å²) in [7, 11) is 0. The summed E-state index contributed by atoms with van der Waals surface area (Å²) in [5.74, 6) is 1.04. The molecule has 1 aliphatic rings. The number of hydrogen-bond acceptors (Lipinski definition) is 4. The number of amides is 2. The number of carboxylic acid groups (broad SMARTS) is 1. The molecule has 0 saturated carbocycles. The van der Waals surface area contributed by atoms with Crippen molar-refractivity contribution >= 4 is 40.3 Å². The van der Waals surface area contributed by atoms with Gasteiger partial charge in [0.05, 0.1) is 5.41 Å². The summed E-state index contributed by atoms with van der Waals surface area (Å²) in [5.41, 5.74) is 0.0879. The molecule has 0 aromatic heterocycles. The molecule has 0 unspecified atom stereocenters. The average molecular weight is 675 g/mol. The van der Waals surface area contributed by atoms with Crippen molar-refractivity contribution in [3.8, 4) is 23.0 Å². The monoisotopic (exact) mass is 674 g/mol. The molecule has 0 atom stereocenters. The summed E-state index contributed by atoms with van der Waals surface area (Å²) in [6.45, 7) is 9.09. The van der Waals surface area contributed by atoms with Crippen molar-refractivity contribution in [3.05, 3.63) is 78.1 Å². The highest BCUT2D eigenvalue weighted by Crippen LogP contribution is 2.38. The lowest BCUT2D eigenvalue weighted by Gasteiger charge is -2.39. The number of likely N-dealkylation sites (tertiary alicyclic amines) is 1. The number of carbonyl (C=O) groups is 2. The fourth-order valence-corrected chi connectivity index (χ4v) is 6.21. The molecular weight excluding hydrogens is 638 g/mol. The topological polar surface area (TPSA) is 88.1 Å². The summed E-state index contributed by atoms with van der Waals surface area (Å²) in [5, 5.41) is 12.5. The minimum atomic E-state index is -1.04. The predicted molar refractivity (Wildman–Crippen MR) is 166 cm³/mol. The van der Waals surface area contributed by atoms with Gasteiger partial charge in [0.15, 0.2) is 0 Å². The standard InChI is InChI=1S/C32H36FIN2O5/c1-21(2)20-32(34)13-15-36(16-14-32)30(39)35-24-17-27(19-28(18-24)41-26-11-7-23(33)8-12-26)40-25-9-5-22(6-10-25)31(3,4)29(37)38/h5-12,17-19,21H,13-16,20H2,1-4H3,(H,35,39)(H,37,38). The van der Waals surface area contributed by atoms with E-state index in [1.165, 1.54) is 24.3 Å². The fourth-order valence-electron chi connectivity index (χ4n) is 4.85. The highest BCUT2D eigenvalue weighted by atomic mass is 127. The Morgan fingerprint density at radius 3 is 1.95 bits per heavy atom. The molecule has 9 heteroatoms. The number of anilines is 1. The van der Waals surface area contributed by atoms with Crippen molar-refractivity contribution in [3.63, 3.8) is 0 Å². The molecule has 0 radical (unpaired) electrons. The van der Waals surface area contributed by atoms with Gasteiger partial charge in [-0.25, -0.2) is 9.18 Å². The van der Waals surface area contributed by atoms with Crippen molar-refractivity contribution in [2.24, 2.45) is 5.92 Å². The number of aliphatic carboxylic acids is 1. The SMILES string of the molecule is CC(C)CC1(I)CCN(C(=O)Nc2cc(Oc3ccc(F)cc3)cc(Oc3ccc(C(C)(C)C(=O)O)cc3)c2)CC1. The van der Waals surface area contributed by atoms with Gasteiger partial charge in [-0.1, -0.05) is 48.6 Å².